The van der Waals surface area contributed by atoms with Crippen LogP contribution in [0.5, 0.6) is 0 Å². The van der Waals surface area contributed by atoms with Crippen molar-refractivity contribution in [2.75, 3.05) is 0 Å². The topological polar surface area (TPSA) is 68.8 Å². The average molecular weight is 398 g/mol. The van der Waals surface area contributed by atoms with Crippen LogP contribution in [0.15, 0.2) is 35.1 Å². The number of alkyl halides is 1. The van der Waals surface area contributed by atoms with Gasteiger partial charge in [-0.05, 0) is 42.9 Å². The molecule has 7 heteroatoms. The third-order valence-corrected chi connectivity index (χ3v) is 6.79. The van der Waals surface area contributed by atoms with Gasteiger partial charge in [0, 0.05) is 24.9 Å². The molecule has 146 valence electrons. The second-order valence-corrected chi connectivity index (χ2v) is 8.60. The highest BCUT2D eigenvalue weighted by molar-refractivity contribution is 6.24. The molecular weight excluding hydrogens is 374 g/mol. The normalized spacial score (nSPS) is 24.4. The highest BCUT2D eigenvalue weighted by Gasteiger charge is 2.37. The molecule has 0 unspecified atom stereocenters. The maximum atomic E-state index is 7.15. The Balaban J connectivity index is 1.38. The maximum absolute atomic E-state index is 7.15. The SMILES string of the molecule is CCc1cc(C2CCC(Cl)(c3ccc4c(c3)CNCc3nncn3-4)CC2)no1. The first-order valence-corrected chi connectivity index (χ1v) is 10.4. The third-order valence-electron chi connectivity index (χ3n) is 6.20. The Morgan fingerprint density at radius 2 is 2.11 bits per heavy atom. The summed E-state index contributed by atoms with van der Waals surface area (Å²) in [4.78, 5) is -0.314. The van der Waals surface area contributed by atoms with Gasteiger partial charge in [0.05, 0.1) is 22.8 Å². The first kappa shape index (κ1) is 17.9. The molecule has 1 fully saturated rings. The largest absolute Gasteiger partial charge is 0.361 e. The summed E-state index contributed by atoms with van der Waals surface area (Å²) < 4.78 is 7.46. The van der Waals surface area contributed by atoms with Crippen LogP contribution in [-0.2, 0) is 24.4 Å². The van der Waals surface area contributed by atoms with Crippen molar-refractivity contribution < 1.29 is 4.52 Å². The summed E-state index contributed by atoms with van der Waals surface area (Å²) in [6.45, 7) is 3.61. The lowest BCUT2D eigenvalue weighted by Crippen LogP contribution is -2.26. The Hall–Kier alpha value is -2.18. The number of halogens is 1. The summed E-state index contributed by atoms with van der Waals surface area (Å²) in [5, 5.41) is 16.0. The van der Waals surface area contributed by atoms with Crippen molar-refractivity contribution in [1.82, 2.24) is 25.2 Å². The minimum atomic E-state index is -0.314. The molecule has 6 nitrogen and oxygen atoms in total. The highest BCUT2D eigenvalue weighted by atomic mass is 35.5. The Morgan fingerprint density at radius 3 is 2.89 bits per heavy atom. The second kappa shape index (κ2) is 7.01. The molecule has 0 saturated heterocycles. The molecule has 1 aliphatic carbocycles. The Labute approximate surface area is 169 Å². The summed E-state index contributed by atoms with van der Waals surface area (Å²) in [5.74, 6) is 2.34. The summed E-state index contributed by atoms with van der Waals surface area (Å²) in [6.07, 6.45) is 6.62. The minimum Gasteiger partial charge on any atom is -0.361 e. The molecule has 3 aromatic rings. The maximum Gasteiger partial charge on any atom is 0.151 e. The summed E-state index contributed by atoms with van der Waals surface area (Å²) in [6, 6.07) is 8.70. The number of aromatic nitrogens is 4. The van der Waals surface area contributed by atoms with Gasteiger partial charge in [0.2, 0.25) is 0 Å². The molecule has 0 radical (unpaired) electrons. The molecule has 2 aliphatic rings. The number of fused-ring (bicyclic) bond motifs is 3. The molecule has 1 N–H and O–H groups in total. The van der Waals surface area contributed by atoms with Crippen molar-refractivity contribution in [3.63, 3.8) is 0 Å². The fraction of sp³-hybridized carbons (Fsp3) is 0.476. The van der Waals surface area contributed by atoms with E-state index in [2.05, 4.69) is 56.4 Å². The molecule has 0 spiro atoms. The third kappa shape index (κ3) is 3.05. The van der Waals surface area contributed by atoms with Gasteiger partial charge >= 0.3 is 0 Å². The number of hydrogen-bond acceptors (Lipinski definition) is 5. The van der Waals surface area contributed by atoms with E-state index in [1.165, 1.54) is 11.1 Å². The van der Waals surface area contributed by atoms with E-state index in [0.29, 0.717) is 5.92 Å². The molecule has 1 aromatic carbocycles. The quantitative estimate of drug-likeness (QED) is 0.670. The van der Waals surface area contributed by atoms with Crippen LogP contribution in [0.4, 0.5) is 0 Å². The van der Waals surface area contributed by atoms with Crippen LogP contribution >= 0.6 is 11.6 Å². The van der Waals surface area contributed by atoms with Crippen LogP contribution in [0.3, 0.4) is 0 Å². The zero-order valence-corrected chi connectivity index (χ0v) is 16.7. The van der Waals surface area contributed by atoms with Crippen LogP contribution < -0.4 is 5.32 Å². The summed E-state index contributed by atoms with van der Waals surface area (Å²) >= 11 is 7.15. The fourth-order valence-electron chi connectivity index (χ4n) is 4.48. The van der Waals surface area contributed by atoms with Crippen LogP contribution in [0.25, 0.3) is 5.69 Å². The van der Waals surface area contributed by atoms with Gasteiger partial charge in [-0.25, -0.2) is 0 Å². The molecule has 0 atom stereocenters. The number of rotatable bonds is 3. The van der Waals surface area contributed by atoms with Crippen molar-refractivity contribution in [2.24, 2.45) is 0 Å². The lowest BCUT2D eigenvalue weighted by Gasteiger charge is -2.35. The van der Waals surface area contributed by atoms with E-state index in [4.69, 9.17) is 16.1 Å². The number of nitrogens with zero attached hydrogens (tertiary/aromatic N) is 4. The van der Waals surface area contributed by atoms with Gasteiger partial charge in [-0.15, -0.1) is 21.8 Å². The lowest BCUT2D eigenvalue weighted by atomic mass is 9.76. The summed E-state index contributed by atoms with van der Waals surface area (Å²) in [7, 11) is 0. The van der Waals surface area contributed by atoms with Crippen molar-refractivity contribution in [3.05, 3.63) is 59.0 Å². The van der Waals surface area contributed by atoms with Crippen molar-refractivity contribution >= 4 is 11.6 Å². The van der Waals surface area contributed by atoms with Crippen LogP contribution in [0.2, 0.25) is 0 Å². The Bertz CT molecular complexity index is 986. The molecule has 28 heavy (non-hydrogen) atoms. The van der Waals surface area contributed by atoms with E-state index in [1.54, 1.807) is 6.33 Å². The molecule has 1 aliphatic heterocycles. The van der Waals surface area contributed by atoms with Crippen LogP contribution in [-0.4, -0.2) is 19.9 Å². The fourth-order valence-corrected chi connectivity index (χ4v) is 4.81. The number of aryl methyl sites for hydroxylation is 1. The van der Waals surface area contributed by atoms with Gasteiger partial charge < -0.3 is 9.84 Å². The zero-order chi connectivity index (χ0) is 19.1. The molecule has 0 amide bonds. The van der Waals surface area contributed by atoms with E-state index in [-0.39, 0.29) is 4.87 Å². The molecule has 1 saturated carbocycles. The number of hydrogen-bond donors (Lipinski definition) is 1. The molecule has 2 aromatic heterocycles. The number of benzene rings is 1. The van der Waals surface area contributed by atoms with Crippen molar-refractivity contribution in [3.8, 4) is 5.69 Å². The molecule has 5 rings (SSSR count). The van der Waals surface area contributed by atoms with Crippen molar-refractivity contribution in [2.45, 2.75) is 62.9 Å². The van der Waals surface area contributed by atoms with E-state index in [1.807, 2.05) is 0 Å². The van der Waals surface area contributed by atoms with E-state index in [0.717, 1.165) is 68.2 Å². The van der Waals surface area contributed by atoms with E-state index < -0.39 is 0 Å². The molecular formula is C21H24ClN5O. The average Bonchev–Trinajstić information content (AvgIpc) is 3.35. The second-order valence-electron chi connectivity index (χ2n) is 7.88. The van der Waals surface area contributed by atoms with E-state index in [9.17, 15) is 0 Å². The monoisotopic (exact) mass is 397 g/mol. The van der Waals surface area contributed by atoms with Gasteiger partial charge in [-0.3, -0.25) is 4.57 Å². The first-order chi connectivity index (χ1) is 13.7. The Kier molecular flexibility index (Phi) is 4.48. The van der Waals surface area contributed by atoms with Gasteiger partial charge in [0.1, 0.15) is 12.1 Å². The molecule has 0 bridgehead atoms. The van der Waals surface area contributed by atoms with Gasteiger partial charge in [0.25, 0.3) is 0 Å². The molecule has 3 heterocycles. The van der Waals surface area contributed by atoms with E-state index >= 15 is 0 Å². The van der Waals surface area contributed by atoms with Crippen molar-refractivity contribution in [1.29, 1.82) is 0 Å². The number of nitrogens with one attached hydrogen (secondary N) is 1. The minimum absolute atomic E-state index is 0.314. The highest BCUT2D eigenvalue weighted by Crippen LogP contribution is 2.48. The smallest absolute Gasteiger partial charge is 0.151 e. The van der Waals surface area contributed by atoms with Crippen LogP contribution in [0.1, 0.15) is 66.9 Å². The predicted octanol–water partition coefficient (Wildman–Crippen LogP) is 4.21. The standard InChI is InChI=1S/C21H24ClN5O/c1-2-17-10-18(26-28-17)14-5-7-21(22,8-6-14)16-3-4-19-15(9-16)11-23-12-20-25-24-13-27(19)20/h3-4,9-10,13-14,23H,2,5-8,11-12H2,1H3. The first-order valence-electron chi connectivity index (χ1n) is 10.0. The van der Waals surface area contributed by atoms with Gasteiger partial charge in [0.15, 0.2) is 5.82 Å². The summed E-state index contributed by atoms with van der Waals surface area (Å²) in [5.41, 5.74) is 4.67. The Morgan fingerprint density at radius 1 is 1.25 bits per heavy atom. The lowest BCUT2D eigenvalue weighted by molar-refractivity contribution is 0.332. The van der Waals surface area contributed by atoms with Crippen LogP contribution in [0, 0.1) is 0 Å². The predicted molar refractivity (Wildman–Crippen MR) is 107 cm³/mol. The van der Waals surface area contributed by atoms with Gasteiger partial charge in [-0.2, -0.15) is 0 Å². The van der Waals surface area contributed by atoms with Gasteiger partial charge in [-0.1, -0.05) is 24.2 Å². The zero-order valence-electron chi connectivity index (χ0n) is 16.0.